The largest absolute Gasteiger partial charge is 0.250 e. The van der Waals surface area contributed by atoms with Crippen molar-refractivity contribution in [2.75, 3.05) is 0 Å². The van der Waals surface area contributed by atoms with E-state index in [0.29, 0.717) is 21.2 Å². The van der Waals surface area contributed by atoms with Crippen LogP contribution < -0.4 is 0 Å². The number of halogens is 2. The number of nitrogens with zero attached hydrogens (tertiary/aromatic N) is 3. The molecular formula is C15H10ClFN4S. The first-order valence-electron chi connectivity index (χ1n) is 6.37. The summed E-state index contributed by atoms with van der Waals surface area (Å²) >= 11 is 11.3. The fraction of sp³-hybridized carbons (Fsp3) is 0. The zero-order valence-electron chi connectivity index (χ0n) is 11.2. The van der Waals surface area contributed by atoms with Crippen LogP contribution in [-0.4, -0.2) is 21.1 Å². The Labute approximate surface area is 135 Å². The first-order chi connectivity index (χ1) is 10.6. The molecule has 7 heteroatoms. The lowest BCUT2D eigenvalue weighted by molar-refractivity contribution is 0.628. The number of rotatable bonds is 3. The zero-order chi connectivity index (χ0) is 15.5. The number of aromatic nitrogens is 3. The van der Waals surface area contributed by atoms with Gasteiger partial charge in [0.15, 0.2) is 5.82 Å². The Hall–Kier alpha value is -2.31. The van der Waals surface area contributed by atoms with Gasteiger partial charge in [0.1, 0.15) is 5.82 Å². The molecule has 0 saturated carbocycles. The smallest absolute Gasteiger partial charge is 0.216 e. The molecule has 0 bridgehead atoms. The van der Waals surface area contributed by atoms with Crippen molar-refractivity contribution in [3.8, 4) is 11.4 Å². The van der Waals surface area contributed by atoms with Gasteiger partial charge in [0.2, 0.25) is 4.77 Å². The van der Waals surface area contributed by atoms with Crippen LogP contribution in [0.25, 0.3) is 11.4 Å². The van der Waals surface area contributed by atoms with Crippen molar-refractivity contribution in [1.29, 1.82) is 0 Å². The summed E-state index contributed by atoms with van der Waals surface area (Å²) in [6, 6.07) is 13.3. The highest BCUT2D eigenvalue weighted by Crippen LogP contribution is 2.18. The summed E-state index contributed by atoms with van der Waals surface area (Å²) in [5, 5.41) is 11.7. The van der Waals surface area contributed by atoms with Crippen molar-refractivity contribution in [3.63, 3.8) is 0 Å². The Morgan fingerprint density at radius 3 is 2.64 bits per heavy atom. The van der Waals surface area contributed by atoms with Gasteiger partial charge in [-0.1, -0.05) is 29.8 Å². The standard InChI is InChI=1S/C15H10ClFN4S/c16-13-4-2-1-3-11(13)9-18-21-14(19-20-15(21)22)10-5-7-12(17)8-6-10/h1-9H,(H,20,22)/b18-9+. The van der Waals surface area contributed by atoms with Crippen molar-refractivity contribution in [2.45, 2.75) is 0 Å². The summed E-state index contributed by atoms with van der Waals surface area (Å²) < 4.78 is 14.8. The van der Waals surface area contributed by atoms with Gasteiger partial charge in [-0.2, -0.15) is 14.9 Å². The van der Waals surface area contributed by atoms with Crippen LogP contribution in [0, 0.1) is 10.6 Å². The Morgan fingerprint density at radius 2 is 1.91 bits per heavy atom. The number of hydrogen-bond donors (Lipinski definition) is 1. The number of hydrogen-bond acceptors (Lipinski definition) is 3. The van der Waals surface area contributed by atoms with Gasteiger partial charge in [-0.25, -0.2) is 9.49 Å². The molecule has 4 nitrogen and oxygen atoms in total. The van der Waals surface area contributed by atoms with Gasteiger partial charge in [0.05, 0.1) is 6.21 Å². The summed E-state index contributed by atoms with van der Waals surface area (Å²) in [6.07, 6.45) is 1.60. The van der Waals surface area contributed by atoms with Crippen molar-refractivity contribution in [1.82, 2.24) is 14.9 Å². The van der Waals surface area contributed by atoms with Crippen LogP contribution in [-0.2, 0) is 0 Å². The lowest BCUT2D eigenvalue weighted by atomic mass is 10.2. The maximum Gasteiger partial charge on any atom is 0.216 e. The molecule has 1 heterocycles. The molecule has 0 aliphatic carbocycles. The van der Waals surface area contributed by atoms with E-state index < -0.39 is 0 Å². The van der Waals surface area contributed by atoms with Crippen LogP contribution >= 0.6 is 23.8 Å². The van der Waals surface area contributed by atoms with E-state index in [1.165, 1.54) is 16.8 Å². The molecule has 1 N–H and O–H groups in total. The molecule has 0 saturated heterocycles. The summed E-state index contributed by atoms with van der Waals surface area (Å²) in [6.45, 7) is 0. The van der Waals surface area contributed by atoms with E-state index in [1.807, 2.05) is 18.2 Å². The minimum absolute atomic E-state index is 0.316. The highest BCUT2D eigenvalue weighted by atomic mass is 35.5. The first-order valence-corrected chi connectivity index (χ1v) is 7.16. The SMILES string of the molecule is Fc1ccc(-c2n[nH]c(=S)n2/N=C/c2ccccc2Cl)cc1. The second-order valence-corrected chi connectivity index (χ2v) is 5.23. The predicted molar refractivity (Wildman–Crippen MR) is 87.2 cm³/mol. The maximum atomic E-state index is 13.0. The van der Waals surface area contributed by atoms with Gasteiger partial charge >= 0.3 is 0 Å². The molecule has 0 atom stereocenters. The lowest BCUT2D eigenvalue weighted by Gasteiger charge is -2.01. The Balaban J connectivity index is 2.01. The molecule has 0 radical (unpaired) electrons. The fourth-order valence-corrected chi connectivity index (χ4v) is 2.25. The topological polar surface area (TPSA) is 46.0 Å². The van der Waals surface area contributed by atoms with E-state index in [0.717, 1.165) is 5.56 Å². The summed E-state index contributed by atoms with van der Waals surface area (Å²) in [7, 11) is 0. The maximum absolute atomic E-state index is 13.0. The van der Waals surface area contributed by atoms with E-state index in [2.05, 4.69) is 15.3 Å². The second kappa shape index (κ2) is 6.21. The van der Waals surface area contributed by atoms with E-state index in [4.69, 9.17) is 23.8 Å². The Kier molecular flexibility index (Phi) is 4.13. The van der Waals surface area contributed by atoms with Crippen molar-refractivity contribution in [2.24, 2.45) is 5.10 Å². The molecule has 22 heavy (non-hydrogen) atoms. The third-order valence-corrected chi connectivity index (χ3v) is 3.58. The van der Waals surface area contributed by atoms with Crippen molar-refractivity contribution >= 4 is 30.0 Å². The molecule has 0 spiro atoms. The molecule has 0 fully saturated rings. The van der Waals surface area contributed by atoms with E-state index in [-0.39, 0.29) is 5.82 Å². The summed E-state index contributed by atoms with van der Waals surface area (Å²) in [5.41, 5.74) is 1.46. The molecule has 0 amide bonds. The quantitative estimate of drug-likeness (QED) is 0.574. The van der Waals surface area contributed by atoms with Crippen LogP contribution in [0.3, 0.4) is 0 Å². The third-order valence-electron chi connectivity index (χ3n) is 2.97. The van der Waals surface area contributed by atoms with Crippen molar-refractivity contribution < 1.29 is 4.39 Å². The lowest BCUT2D eigenvalue weighted by Crippen LogP contribution is -1.95. The van der Waals surface area contributed by atoms with Gasteiger partial charge in [-0.3, -0.25) is 0 Å². The number of aromatic amines is 1. The first kappa shape index (κ1) is 14.6. The van der Waals surface area contributed by atoms with Crippen molar-refractivity contribution in [3.05, 3.63) is 69.7 Å². The average Bonchev–Trinajstić information content (AvgIpc) is 2.88. The highest BCUT2D eigenvalue weighted by molar-refractivity contribution is 7.71. The molecule has 1 aromatic heterocycles. The second-order valence-electron chi connectivity index (χ2n) is 4.44. The van der Waals surface area contributed by atoms with Gasteiger partial charge in [-0.05, 0) is 42.5 Å². The highest BCUT2D eigenvalue weighted by Gasteiger charge is 2.08. The van der Waals surface area contributed by atoms with Crippen LogP contribution in [0.4, 0.5) is 4.39 Å². The van der Waals surface area contributed by atoms with Crippen LogP contribution in [0.15, 0.2) is 53.6 Å². The monoisotopic (exact) mass is 332 g/mol. The molecular weight excluding hydrogens is 323 g/mol. The summed E-state index contributed by atoms with van der Waals surface area (Å²) in [4.78, 5) is 0. The molecule has 0 unspecified atom stereocenters. The molecule has 3 aromatic rings. The Morgan fingerprint density at radius 1 is 1.18 bits per heavy atom. The van der Waals surface area contributed by atoms with Gasteiger partial charge < -0.3 is 0 Å². The predicted octanol–water partition coefficient (Wildman–Crippen LogP) is 4.28. The van der Waals surface area contributed by atoms with Crippen LogP contribution in [0.5, 0.6) is 0 Å². The molecule has 0 aliphatic heterocycles. The molecule has 0 aliphatic rings. The van der Waals surface area contributed by atoms with E-state index in [1.54, 1.807) is 24.4 Å². The molecule has 2 aromatic carbocycles. The van der Waals surface area contributed by atoms with Gasteiger partial charge in [0.25, 0.3) is 0 Å². The normalized spacial score (nSPS) is 11.2. The van der Waals surface area contributed by atoms with E-state index >= 15 is 0 Å². The number of H-pyrrole nitrogens is 1. The number of nitrogens with one attached hydrogen (secondary N) is 1. The summed E-state index contributed by atoms with van der Waals surface area (Å²) in [5.74, 6) is 0.178. The Bertz CT molecular complexity index is 883. The third kappa shape index (κ3) is 2.98. The van der Waals surface area contributed by atoms with Crippen LogP contribution in [0.1, 0.15) is 5.56 Å². The zero-order valence-corrected chi connectivity index (χ0v) is 12.8. The average molecular weight is 333 g/mol. The number of benzene rings is 2. The van der Waals surface area contributed by atoms with Gasteiger partial charge in [-0.15, -0.1) is 0 Å². The van der Waals surface area contributed by atoms with Gasteiger partial charge in [0, 0.05) is 16.1 Å². The fourth-order valence-electron chi connectivity index (χ4n) is 1.88. The molecule has 3 rings (SSSR count). The van der Waals surface area contributed by atoms with Crippen LogP contribution in [0.2, 0.25) is 5.02 Å². The molecule has 110 valence electrons. The minimum Gasteiger partial charge on any atom is -0.250 e. The minimum atomic E-state index is -0.316. The van der Waals surface area contributed by atoms with E-state index in [9.17, 15) is 4.39 Å².